The summed E-state index contributed by atoms with van der Waals surface area (Å²) in [6, 6.07) is 17.8. The van der Waals surface area contributed by atoms with E-state index in [9.17, 15) is 36.5 Å². The molecule has 0 spiro atoms. The molecule has 1 heterocycles. The van der Waals surface area contributed by atoms with Crippen LogP contribution >= 0.6 is 0 Å². The van der Waals surface area contributed by atoms with Crippen LogP contribution in [0.25, 0.3) is 16.9 Å². The molecule has 10 nitrogen and oxygen atoms in total. The van der Waals surface area contributed by atoms with Gasteiger partial charge in [-0.15, -0.1) is 10.1 Å². The normalized spacial score (nSPS) is 11.4. The Balaban J connectivity index is 0.00000441. The molecule has 0 aliphatic carbocycles. The number of carbonyl (C=O) groups is 1. The first-order valence-corrected chi connectivity index (χ1v) is 12.6. The minimum absolute atomic E-state index is 0. The number of hydrogen-bond acceptors (Lipinski definition) is 7. The number of nitrogens with one attached hydrogen (secondary N) is 1. The molecule has 0 unspecified atom stereocenters. The Morgan fingerprint density at radius 2 is 1.62 bits per heavy atom. The van der Waals surface area contributed by atoms with Crippen molar-refractivity contribution in [2.24, 2.45) is 0 Å². The van der Waals surface area contributed by atoms with Crippen LogP contribution in [0, 0.1) is 17.0 Å². The monoisotopic (exact) mass is 584 g/mol. The SMILES string of the molecule is Cc1ccc(-c2cc(C(F)(F)F)nn2-c2ccc(S(=O)(=O)NC(=O)c3ccc(CO[N+](=O)[O-])cc3)cc2)cc1.[NaH]. The number of amides is 1. The van der Waals surface area contributed by atoms with E-state index in [1.54, 1.807) is 24.3 Å². The number of hydrogen-bond donors (Lipinski definition) is 1. The molecule has 15 heteroatoms. The van der Waals surface area contributed by atoms with Crippen molar-refractivity contribution >= 4 is 45.5 Å². The first-order chi connectivity index (χ1) is 18.3. The van der Waals surface area contributed by atoms with E-state index in [1.165, 1.54) is 36.4 Å². The van der Waals surface area contributed by atoms with Gasteiger partial charge in [-0.1, -0.05) is 42.0 Å². The summed E-state index contributed by atoms with van der Waals surface area (Å²) in [6.07, 6.45) is -4.70. The van der Waals surface area contributed by atoms with Crippen LogP contribution in [-0.2, 0) is 27.6 Å². The van der Waals surface area contributed by atoms with Crippen molar-refractivity contribution in [3.05, 3.63) is 111 Å². The second kappa shape index (κ2) is 12.2. The van der Waals surface area contributed by atoms with E-state index in [2.05, 4.69) is 9.94 Å². The molecule has 0 aliphatic heterocycles. The Morgan fingerprint density at radius 1 is 1.02 bits per heavy atom. The molecule has 40 heavy (non-hydrogen) atoms. The number of carbonyl (C=O) groups excluding carboxylic acids is 1. The van der Waals surface area contributed by atoms with Gasteiger partial charge in [-0.2, -0.15) is 18.3 Å². The molecular formula is C25H20F3N4NaO6S. The van der Waals surface area contributed by atoms with Crippen LogP contribution in [-0.4, -0.2) is 58.7 Å². The van der Waals surface area contributed by atoms with Crippen LogP contribution < -0.4 is 4.72 Å². The van der Waals surface area contributed by atoms with Crippen LogP contribution in [0.3, 0.4) is 0 Å². The van der Waals surface area contributed by atoms with E-state index < -0.39 is 32.9 Å². The average Bonchev–Trinajstić information content (AvgIpc) is 3.34. The fourth-order valence-corrected chi connectivity index (χ4v) is 4.51. The molecule has 4 aromatic rings. The summed E-state index contributed by atoms with van der Waals surface area (Å²) in [7, 11) is -4.35. The van der Waals surface area contributed by atoms with Gasteiger partial charge in [-0.05, 0) is 55.0 Å². The van der Waals surface area contributed by atoms with E-state index in [0.29, 0.717) is 11.1 Å². The Kier molecular flexibility index (Phi) is 9.40. The van der Waals surface area contributed by atoms with Crippen molar-refractivity contribution < 1.29 is 36.3 Å². The topological polar surface area (TPSA) is 133 Å². The van der Waals surface area contributed by atoms with Crippen LogP contribution in [0.15, 0.2) is 83.8 Å². The second-order valence-corrected chi connectivity index (χ2v) is 10.00. The number of halogens is 3. The maximum atomic E-state index is 13.4. The number of aryl methyl sites for hydroxylation is 1. The summed E-state index contributed by atoms with van der Waals surface area (Å²) < 4.78 is 68.8. The Bertz CT molecular complexity index is 1620. The van der Waals surface area contributed by atoms with E-state index in [4.69, 9.17) is 0 Å². The number of rotatable bonds is 8. The van der Waals surface area contributed by atoms with Gasteiger partial charge in [0.05, 0.1) is 16.3 Å². The quantitative estimate of drug-likeness (QED) is 0.188. The fraction of sp³-hybridized carbons (Fsp3) is 0.120. The third-order valence-corrected chi connectivity index (χ3v) is 6.87. The molecule has 0 saturated heterocycles. The Morgan fingerprint density at radius 3 is 2.17 bits per heavy atom. The van der Waals surface area contributed by atoms with Crippen molar-refractivity contribution in [3.63, 3.8) is 0 Å². The van der Waals surface area contributed by atoms with Crippen LogP contribution in [0.5, 0.6) is 0 Å². The summed E-state index contributed by atoms with van der Waals surface area (Å²) in [5.41, 5.74) is 0.953. The predicted molar refractivity (Wildman–Crippen MR) is 139 cm³/mol. The number of aromatic nitrogens is 2. The van der Waals surface area contributed by atoms with Crippen molar-refractivity contribution in [1.29, 1.82) is 0 Å². The molecule has 0 saturated carbocycles. The third-order valence-electron chi connectivity index (χ3n) is 5.52. The van der Waals surface area contributed by atoms with Gasteiger partial charge in [-0.3, -0.25) is 4.79 Å². The van der Waals surface area contributed by atoms with Gasteiger partial charge in [0, 0.05) is 11.1 Å². The maximum absolute atomic E-state index is 13.4. The average molecular weight is 585 g/mol. The molecule has 0 atom stereocenters. The molecule has 0 bridgehead atoms. The molecule has 1 aromatic heterocycles. The molecule has 1 amide bonds. The van der Waals surface area contributed by atoms with Gasteiger partial charge >= 0.3 is 35.7 Å². The van der Waals surface area contributed by atoms with E-state index >= 15 is 0 Å². The summed E-state index contributed by atoms with van der Waals surface area (Å²) in [5.74, 6) is -0.954. The first-order valence-electron chi connectivity index (χ1n) is 11.1. The van der Waals surface area contributed by atoms with Crippen molar-refractivity contribution in [1.82, 2.24) is 14.5 Å². The van der Waals surface area contributed by atoms with Gasteiger partial charge in [0.1, 0.15) is 6.61 Å². The zero-order valence-corrected chi connectivity index (χ0v) is 20.9. The van der Waals surface area contributed by atoms with Crippen molar-refractivity contribution in [2.75, 3.05) is 0 Å². The Labute approximate surface area is 248 Å². The summed E-state index contributed by atoms with van der Waals surface area (Å²) in [6.45, 7) is 1.50. The zero-order valence-electron chi connectivity index (χ0n) is 20.0. The molecule has 4 rings (SSSR count). The number of sulfonamides is 1. The van der Waals surface area contributed by atoms with Crippen molar-refractivity contribution in [3.8, 4) is 16.9 Å². The molecule has 0 radical (unpaired) electrons. The summed E-state index contributed by atoms with van der Waals surface area (Å²) >= 11 is 0. The van der Waals surface area contributed by atoms with Crippen LogP contribution in [0.1, 0.15) is 27.2 Å². The van der Waals surface area contributed by atoms with Gasteiger partial charge in [-0.25, -0.2) is 17.8 Å². The number of alkyl halides is 3. The molecule has 0 aliphatic rings. The third kappa shape index (κ3) is 7.27. The van der Waals surface area contributed by atoms with E-state index in [1.807, 2.05) is 11.6 Å². The van der Waals surface area contributed by atoms with Crippen LogP contribution in [0.2, 0.25) is 0 Å². The molecule has 0 fully saturated rings. The van der Waals surface area contributed by atoms with Crippen LogP contribution in [0.4, 0.5) is 13.2 Å². The Hall–Kier alpha value is -3.72. The molecule has 3 aromatic carbocycles. The van der Waals surface area contributed by atoms with Gasteiger partial charge in [0.15, 0.2) is 5.69 Å². The standard InChI is InChI=1S/C25H19F3N4O6S.Na.H/c1-16-2-6-18(7-3-16)22-14-23(25(26,27)28)29-31(22)20-10-12-21(13-11-20)39(36,37)30-24(33)19-8-4-17(5-9-19)15-38-32(34)35;;/h2-14H,15H2,1H3,(H,30,33);;. The van der Waals surface area contributed by atoms with Gasteiger partial charge in [0.2, 0.25) is 0 Å². The summed E-state index contributed by atoms with van der Waals surface area (Å²) in [4.78, 5) is 26.7. The molecular weight excluding hydrogens is 564 g/mol. The predicted octanol–water partition coefficient (Wildman–Crippen LogP) is 4.05. The number of benzene rings is 3. The fourth-order valence-electron chi connectivity index (χ4n) is 3.53. The van der Waals surface area contributed by atoms with Gasteiger partial charge in [0.25, 0.3) is 21.0 Å². The zero-order chi connectivity index (χ0) is 28.4. The second-order valence-electron chi connectivity index (χ2n) is 8.31. The number of nitrogens with zero attached hydrogens (tertiary/aromatic N) is 3. The van der Waals surface area contributed by atoms with E-state index in [0.717, 1.165) is 28.4 Å². The minimum atomic E-state index is -4.70. The van der Waals surface area contributed by atoms with E-state index in [-0.39, 0.29) is 58.0 Å². The van der Waals surface area contributed by atoms with Crippen molar-refractivity contribution in [2.45, 2.75) is 24.6 Å². The summed E-state index contributed by atoms with van der Waals surface area (Å²) in [5, 5.41) is 13.0. The first kappa shape index (κ1) is 30.8. The molecule has 204 valence electrons. The van der Waals surface area contributed by atoms with Gasteiger partial charge < -0.3 is 4.84 Å². The molecule has 1 N–H and O–H groups in total.